The topological polar surface area (TPSA) is 74.8 Å². The fraction of sp³-hybridized carbons (Fsp3) is 0.0423. The number of amides is 4. The van der Waals surface area contributed by atoms with Crippen LogP contribution in [0.15, 0.2) is 325 Å². The van der Waals surface area contributed by atoms with Gasteiger partial charge in [-0.15, -0.1) is 69.6 Å². The fourth-order valence-corrected chi connectivity index (χ4v) is 20.3. The number of nitrogens with zero attached hydrogens (tertiary/aromatic N) is 2. The van der Waals surface area contributed by atoms with Crippen LogP contribution in [0.4, 0.5) is 36.6 Å². The van der Waals surface area contributed by atoms with Crippen molar-refractivity contribution >= 4 is 187 Å². The Bertz CT molecular complexity index is 3490. The molecule has 0 N–H and O–H groups in total. The largest absolute Gasteiger partial charge is 1.00 e. The molecule has 0 saturated carbocycles. The van der Waals surface area contributed by atoms with Crippen molar-refractivity contribution in [1.29, 1.82) is 0 Å². The summed E-state index contributed by atoms with van der Waals surface area (Å²) in [7, 11) is -15.9. The molecule has 0 radical (unpaired) electrons. The first-order valence-electron chi connectivity index (χ1n) is 28.1. The van der Waals surface area contributed by atoms with Crippen LogP contribution in [-0.4, -0.2) is 39.6 Å². The summed E-state index contributed by atoms with van der Waals surface area (Å²) in [4.78, 5) is 61.0. The predicted octanol–water partition coefficient (Wildman–Crippen LogP) is 19.7. The average molecular weight is 1680 g/mol. The van der Waals surface area contributed by atoms with Crippen LogP contribution in [0.2, 0.25) is 0 Å². The molecule has 0 aromatic heterocycles. The maximum atomic E-state index is 14.6. The Hall–Kier alpha value is -5.83. The van der Waals surface area contributed by atoms with Gasteiger partial charge in [0.15, 0.2) is 0 Å². The smallest absolute Gasteiger partial charge is 0.268 e. The average Bonchev–Trinajstić information content (AvgIpc) is 1.61. The van der Waals surface area contributed by atoms with E-state index in [0.29, 0.717) is 32.6 Å². The minimum Gasteiger partial charge on any atom is -0.268 e. The molecule has 4 amide bonds. The van der Waals surface area contributed by atoms with Crippen molar-refractivity contribution in [2.75, 3.05) is 25.8 Å². The fourth-order valence-electron chi connectivity index (χ4n) is 9.69. The maximum absolute atomic E-state index is 14.6. The quantitative estimate of drug-likeness (QED) is 0.0357. The van der Waals surface area contributed by atoms with Crippen molar-refractivity contribution in [3.63, 3.8) is 0 Å². The molecule has 95 heavy (non-hydrogen) atoms. The van der Waals surface area contributed by atoms with E-state index in [9.17, 15) is 44.4 Å². The zero-order valence-electron chi connectivity index (χ0n) is 49.6. The molecule has 2 aliphatic heterocycles. The van der Waals surface area contributed by atoms with Gasteiger partial charge in [0.05, 0.1) is 48.6 Å². The van der Waals surface area contributed by atoms with E-state index >= 15 is 0 Å². The number of halogens is 12. The first kappa shape index (κ1) is 78.2. The van der Waals surface area contributed by atoms with Gasteiger partial charge < -0.3 is 0 Å². The Morgan fingerprint density at radius 3 is 0.463 bits per heavy atom. The van der Waals surface area contributed by atoms with Gasteiger partial charge in [-0.05, 0) is 98.4 Å². The standard InChI is InChI=1S/2C34H25NO2P2.3CH2Cl2.Au.F6P/c2*36-33-31(38(27-18-8-2-9-19-27)28-20-10-3-11-21-28)32(34(37)35(33)26-16-6-1-7-17-26)39(29-22-12-4-13-23-29)30-24-14-5-15-25-30;3*2-1-3;;1-7(2,3,4,5)6/h2*1-25H;3*1H2;;/q;;;;;+1;-1. The van der Waals surface area contributed by atoms with E-state index in [1.54, 1.807) is 0 Å². The number of imide groups is 2. The summed E-state index contributed by atoms with van der Waals surface area (Å²) < 4.78 is 59.2. The molecule has 0 aliphatic carbocycles. The van der Waals surface area contributed by atoms with Gasteiger partial charge >= 0.3 is 55.4 Å². The van der Waals surface area contributed by atoms with Crippen LogP contribution in [0, 0.1) is 0 Å². The molecule has 24 heteroatoms. The van der Waals surface area contributed by atoms with Gasteiger partial charge in [0.1, 0.15) is 0 Å². The molecule has 0 unspecified atom stereocenters. The number of hydrogen-bond acceptors (Lipinski definition) is 4. The van der Waals surface area contributed by atoms with Crippen LogP contribution in [0.5, 0.6) is 0 Å². The second-order valence-electron chi connectivity index (χ2n) is 19.2. The molecule has 2 heterocycles. The van der Waals surface area contributed by atoms with Crippen LogP contribution in [0.3, 0.4) is 0 Å². The monoisotopic (exact) mass is 1680 g/mol. The number of benzene rings is 10. The van der Waals surface area contributed by atoms with E-state index < -0.39 is 39.5 Å². The SMILES string of the molecule is ClCCl.ClCCl.ClCCl.F[P-](F)(F)(F)(F)F.O=C1C(P(c2ccccc2)c2ccccc2)=C(P(c2ccccc2)c2ccccc2)C(=O)N1c1ccccc1.O=C1C(P(c2ccccc2)c2ccccc2)=C(P(c2ccccc2)c2ccccc2)C(=O)N1c1ccccc1.[Au+]. The molecule has 6 nitrogen and oxygen atoms in total. The molecule has 0 spiro atoms. The number of anilines is 2. The van der Waals surface area contributed by atoms with Gasteiger partial charge in [0.2, 0.25) is 0 Å². The van der Waals surface area contributed by atoms with Gasteiger partial charge in [-0.2, -0.15) is 0 Å². The third-order valence-electron chi connectivity index (χ3n) is 13.1. The number of para-hydroxylation sites is 2. The summed E-state index contributed by atoms with van der Waals surface area (Å²) in [6, 6.07) is 99.5. The summed E-state index contributed by atoms with van der Waals surface area (Å²) in [6.45, 7) is 0. The summed E-state index contributed by atoms with van der Waals surface area (Å²) in [5.41, 5.74) is 1.18. The molecule has 0 saturated heterocycles. The summed E-state index contributed by atoms with van der Waals surface area (Å²) >= 11 is 28.6. The van der Waals surface area contributed by atoms with E-state index in [1.165, 1.54) is 9.80 Å². The number of rotatable bonds is 14. The number of alkyl halides is 6. The Labute approximate surface area is 598 Å². The first-order valence-corrected chi connectivity index (χ1v) is 38.7. The minimum atomic E-state index is -10.7. The molecule has 0 bridgehead atoms. The van der Waals surface area contributed by atoms with Gasteiger partial charge in [-0.25, -0.2) is 9.80 Å². The third-order valence-corrected chi connectivity index (χ3v) is 23.4. The molecule has 0 atom stereocenters. The molecular weight excluding hydrogens is 1620 g/mol. The second kappa shape index (κ2) is 37.2. The Kier molecular flexibility index (Phi) is 30.6. The van der Waals surface area contributed by atoms with E-state index in [4.69, 9.17) is 69.6 Å². The van der Waals surface area contributed by atoms with Crippen LogP contribution in [-0.2, 0) is 41.6 Å². The van der Waals surface area contributed by atoms with E-state index in [-0.39, 0.29) is 62.0 Å². The number of carbonyl (C=O) groups excluding carboxylic acids is 4. The summed E-state index contributed by atoms with van der Waals surface area (Å²) in [5.74, 6) is -0.947. The number of hydrogen-bond donors (Lipinski definition) is 0. The van der Waals surface area contributed by atoms with E-state index in [0.717, 1.165) is 42.4 Å². The van der Waals surface area contributed by atoms with Crippen LogP contribution in [0.1, 0.15) is 0 Å². The van der Waals surface area contributed by atoms with Gasteiger partial charge in [0, 0.05) is 0 Å². The van der Waals surface area contributed by atoms with E-state index in [2.05, 4.69) is 97.1 Å². The molecule has 494 valence electrons. The van der Waals surface area contributed by atoms with Gasteiger partial charge in [0.25, 0.3) is 23.6 Å². The first-order chi connectivity index (χ1) is 45.2. The minimum absolute atomic E-state index is 0. The zero-order chi connectivity index (χ0) is 67.7. The maximum Gasteiger partial charge on any atom is 1.00 e. The molecule has 0 fully saturated rings. The van der Waals surface area contributed by atoms with Crippen molar-refractivity contribution in [2.24, 2.45) is 0 Å². The van der Waals surface area contributed by atoms with Crippen molar-refractivity contribution in [1.82, 2.24) is 0 Å². The van der Waals surface area contributed by atoms with Gasteiger partial charge in [-0.1, -0.05) is 279 Å². The van der Waals surface area contributed by atoms with Crippen molar-refractivity contribution < 1.29 is 66.7 Å². The number of carbonyl (C=O) groups is 4. The van der Waals surface area contributed by atoms with Crippen LogP contribution < -0.4 is 52.2 Å². The second-order valence-corrected chi connectivity index (χ2v) is 32.2. The van der Waals surface area contributed by atoms with Crippen molar-refractivity contribution in [3.05, 3.63) is 325 Å². The summed E-state index contributed by atoms with van der Waals surface area (Å²) in [5, 5.41) is 11.3. The molecule has 2 aliphatic rings. The molecule has 10 aromatic carbocycles. The summed E-state index contributed by atoms with van der Waals surface area (Å²) in [6.07, 6.45) is 0. The van der Waals surface area contributed by atoms with Gasteiger partial charge in [-0.3, -0.25) is 19.2 Å². The van der Waals surface area contributed by atoms with Crippen molar-refractivity contribution in [2.45, 2.75) is 0 Å². The molecular formula is C71H56AuCl6F6N2O4P5. The zero-order valence-corrected chi connectivity index (χ0v) is 60.8. The predicted molar refractivity (Wildman–Crippen MR) is 391 cm³/mol. The Balaban J connectivity index is 0.000000244. The Morgan fingerprint density at radius 1 is 0.242 bits per heavy atom. The molecule has 10 aromatic rings. The van der Waals surface area contributed by atoms with Crippen LogP contribution >= 0.6 is 109 Å². The van der Waals surface area contributed by atoms with Crippen LogP contribution in [0.25, 0.3) is 0 Å². The molecule has 12 rings (SSSR count). The Morgan fingerprint density at radius 2 is 0.347 bits per heavy atom. The normalized spacial score (nSPS) is 13.4. The van der Waals surface area contributed by atoms with Crippen molar-refractivity contribution in [3.8, 4) is 0 Å². The van der Waals surface area contributed by atoms with E-state index in [1.807, 2.05) is 206 Å². The third kappa shape index (κ3) is 22.6.